The molecule has 8 nitrogen and oxygen atoms in total. The Hall–Kier alpha value is -2.62. The number of nitrogens with one attached hydrogen (secondary N) is 2. The molecule has 0 spiro atoms. The van der Waals surface area contributed by atoms with Crippen molar-refractivity contribution in [1.82, 2.24) is 10.2 Å². The number of rotatable bonds is 11. The highest BCUT2D eigenvalue weighted by Gasteiger charge is 2.23. The molecule has 0 radical (unpaired) electrons. The molecule has 3 rings (SSSR count). The zero-order valence-corrected chi connectivity index (χ0v) is 20.9. The Balaban J connectivity index is 1.58. The molecule has 0 bridgehead atoms. The van der Waals surface area contributed by atoms with E-state index in [4.69, 9.17) is 9.47 Å². The second kappa shape index (κ2) is 12.2. The van der Waals surface area contributed by atoms with Crippen LogP contribution in [0.1, 0.15) is 37.6 Å². The minimum Gasteiger partial charge on any atom is -0.494 e. The van der Waals surface area contributed by atoms with E-state index in [1.165, 1.54) is 12.1 Å². The predicted molar refractivity (Wildman–Crippen MR) is 133 cm³/mol. The Morgan fingerprint density at radius 1 is 1.06 bits per heavy atom. The monoisotopic (exact) mass is 489 g/mol. The number of carbonyl (C=O) groups is 1. The summed E-state index contributed by atoms with van der Waals surface area (Å²) in [7, 11) is -3.75. The highest BCUT2D eigenvalue weighted by atomic mass is 32.2. The van der Waals surface area contributed by atoms with Gasteiger partial charge in [0.25, 0.3) is 15.9 Å². The van der Waals surface area contributed by atoms with Gasteiger partial charge in [-0.25, -0.2) is 8.42 Å². The molecule has 186 valence electrons. The van der Waals surface area contributed by atoms with E-state index in [0.717, 1.165) is 32.7 Å². The van der Waals surface area contributed by atoms with Crippen LogP contribution in [0.25, 0.3) is 0 Å². The van der Waals surface area contributed by atoms with E-state index in [1.54, 1.807) is 36.4 Å². The van der Waals surface area contributed by atoms with Crippen LogP contribution in [0.3, 0.4) is 0 Å². The fourth-order valence-corrected chi connectivity index (χ4v) is 5.00. The summed E-state index contributed by atoms with van der Waals surface area (Å²) < 4.78 is 38.7. The van der Waals surface area contributed by atoms with Crippen molar-refractivity contribution in [3.8, 4) is 5.75 Å². The molecule has 34 heavy (non-hydrogen) atoms. The standard InChI is InChI=1S/C25H35N3O5S/c1-4-33-23-9-11-24(12-10-23)34(30,31)27-21-7-5-20(6-8-21)25(29)26-18-22(17-19(2)3)28-13-15-32-16-14-28/h5-12,19,22,27H,4,13-18H2,1-3H3,(H,26,29). The number of carbonyl (C=O) groups excluding carboxylic acids is 1. The maximum Gasteiger partial charge on any atom is 0.261 e. The van der Waals surface area contributed by atoms with Crippen molar-refractivity contribution in [1.29, 1.82) is 0 Å². The summed E-state index contributed by atoms with van der Waals surface area (Å²) in [5.41, 5.74) is 0.866. The lowest BCUT2D eigenvalue weighted by Crippen LogP contribution is -2.49. The molecule has 1 aliphatic heterocycles. The molecule has 0 saturated carbocycles. The average Bonchev–Trinajstić information content (AvgIpc) is 2.83. The van der Waals surface area contributed by atoms with Crippen molar-refractivity contribution < 1.29 is 22.7 Å². The highest BCUT2D eigenvalue weighted by molar-refractivity contribution is 7.92. The van der Waals surface area contributed by atoms with Gasteiger partial charge in [0.05, 0.1) is 24.7 Å². The van der Waals surface area contributed by atoms with Crippen LogP contribution in [0.2, 0.25) is 0 Å². The quantitative estimate of drug-likeness (QED) is 0.502. The molecule has 0 aliphatic carbocycles. The van der Waals surface area contributed by atoms with Gasteiger partial charge in [0.1, 0.15) is 5.75 Å². The summed E-state index contributed by atoms with van der Waals surface area (Å²) in [5, 5.41) is 3.04. The Labute approximate surface area is 202 Å². The Bertz CT molecular complexity index is 1020. The van der Waals surface area contributed by atoms with Crippen molar-refractivity contribution in [3.63, 3.8) is 0 Å². The lowest BCUT2D eigenvalue weighted by molar-refractivity contribution is 0.0124. The van der Waals surface area contributed by atoms with Gasteiger partial charge in [0.2, 0.25) is 0 Å². The van der Waals surface area contributed by atoms with Gasteiger partial charge in [-0.2, -0.15) is 0 Å². The van der Waals surface area contributed by atoms with Crippen LogP contribution in [0.4, 0.5) is 5.69 Å². The van der Waals surface area contributed by atoms with Crippen LogP contribution >= 0.6 is 0 Å². The summed E-state index contributed by atoms with van der Waals surface area (Å²) in [6, 6.07) is 12.9. The molecule has 1 amide bonds. The van der Waals surface area contributed by atoms with Crippen LogP contribution in [-0.4, -0.2) is 64.7 Å². The topological polar surface area (TPSA) is 97.0 Å². The van der Waals surface area contributed by atoms with Crippen molar-refractivity contribution in [2.75, 3.05) is 44.2 Å². The van der Waals surface area contributed by atoms with E-state index in [0.29, 0.717) is 36.1 Å². The van der Waals surface area contributed by atoms with Gasteiger partial charge >= 0.3 is 0 Å². The highest BCUT2D eigenvalue weighted by Crippen LogP contribution is 2.20. The average molecular weight is 490 g/mol. The Morgan fingerprint density at radius 2 is 1.71 bits per heavy atom. The fraction of sp³-hybridized carbons (Fsp3) is 0.480. The first kappa shape index (κ1) is 26.0. The van der Waals surface area contributed by atoms with Crippen molar-refractivity contribution in [2.45, 2.75) is 38.1 Å². The van der Waals surface area contributed by atoms with Gasteiger partial charge in [-0.05, 0) is 67.8 Å². The molecule has 2 N–H and O–H groups in total. The van der Waals surface area contributed by atoms with Gasteiger partial charge in [-0.15, -0.1) is 0 Å². The van der Waals surface area contributed by atoms with Crippen LogP contribution < -0.4 is 14.8 Å². The Morgan fingerprint density at radius 3 is 2.29 bits per heavy atom. The lowest BCUT2D eigenvalue weighted by Gasteiger charge is -2.35. The summed E-state index contributed by atoms with van der Waals surface area (Å²) in [6.07, 6.45) is 0.993. The van der Waals surface area contributed by atoms with Gasteiger partial charge in [0, 0.05) is 36.9 Å². The van der Waals surface area contributed by atoms with Crippen LogP contribution in [0.15, 0.2) is 53.4 Å². The van der Waals surface area contributed by atoms with Crippen molar-refractivity contribution >= 4 is 21.6 Å². The molecule has 2 aromatic rings. The third kappa shape index (κ3) is 7.44. The van der Waals surface area contributed by atoms with E-state index in [-0.39, 0.29) is 16.8 Å². The number of sulfonamides is 1. The van der Waals surface area contributed by atoms with Gasteiger partial charge in [-0.1, -0.05) is 13.8 Å². The number of morpholine rings is 1. The number of hydrogen-bond donors (Lipinski definition) is 2. The zero-order valence-electron chi connectivity index (χ0n) is 20.1. The van der Waals surface area contributed by atoms with Crippen molar-refractivity contribution in [3.05, 3.63) is 54.1 Å². The second-order valence-corrected chi connectivity index (χ2v) is 10.4. The van der Waals surface area contributed by atoms with E-state index in [9.17, 15) is 13.2 Å². The number of ether oxygens (including phenoxy) is 2. The molecule has 0 aromatic heterocycles. The first-order valence-electron chi connectivity index (χ1n) is 11.7. The molecule has 1 unspecified atom stereocenters. The lowest BCUT2D eigenvalue weighted by atomic mass is 10.0. The Kier molecular flexibility index (Phi) is 9.32. The third-order valence-electron chi connectivity index (χ3n) is 5.65. The number of anilines is 1. The maximum atomic E-state index is 12.7. The predicted octanol–water partition coefficient (Wildman–Crippen LogP) is 3.36. The van der Waals surface area contributed by atoms with Crippen LogP contribution in [0, 0.1) is 5.92 Å². The summed E-state index contributed by atoms with van der Waals surface area (Å²) in [5.74, 6) is 0.955. The number of amides is 1. The molecule has 9 heteroatoms. The molecular formula is C25H35N3O5S. The molecule has 1 aliphatic rings. The summed E-state index contributed by atoms with van der Waals surface area (Å²) in [6.45, 7) is 10.5. The number of benzene rings is 2. The van der Waals surface area contributed by atoms with Crippen LogP contribution in [-0.2, 0) is 14.8 Å². The summed E-state index contributed by atoms with van der Waals surface area (Å²) in [4.78, 5) is 15.2. The van der Waals surface area contributed by atoms with Crippen LogP contribution in [0.5, 0.6) is 5.75 Å². The van der Waals surface area contributed by atoms with Crippen molar-refractivity contribution in [2.24, 2.45) is 5.92 Å². The normalized spacial score (nSPS) is 15.6. The third-order valence-corrected chi connectivity index (χ3v) is 7.05. The first-order chi connectivity index (χ1) is 16.3. The maximum absolute atomic E-state index is 12.7. The van der Waals surface area contributed by atoms with Gasteiger partial charge < -0.3 is 14.8 Å². The zero-order chi connectivity index (χ0) is 24.6. The summed E-state index contributed by atoms with van der Waals surface area (Å²) >= 11 is 0. The first-order valence-corrected chi connectivity index (χ1v) is 13.2. The molecule has 1 fully saturated rings. The van der Waals surface area contributed by atoms with Gasteiger partial charge in [-0.3, -0.25) is 14.4 Å². The van der Waals surface area contributed by atoms with Gasteiger partial charge in [0.15, 0.2) is 0 Å². The SMILES string of the molecule is CCOc1ccc(S(=O)(=O)Nc2ccc(C(=O)NCC(CC(C)C)N3CCOCC3)cc2)cc1. The minimum atomic E-state index is -3.75. The second-order valence-electron chi connectivity index (χ2n) is 8.73. The molecule has 2 aromatic carbocycles. The largest absolute Gasteiger partial charge is 0.494 e. The molecular weight excluding hydrogens is 454 g/mol. The molecule has 1 saturated heterocycles. The molecule has 1 heterocycles. The smallest absolute Gasteiger partial charge is 0.261 e. The van der Waals surface area contributed by atoms with E-state index < -0.39 is 10.0 Å². The fourth-order valence-electron chi connectivity index (χ4n) is 3.95. The number of nitrogens with zero attached hydrogens (tertiary/aromatic N) is 1. The van der Waals surface area contributed by atoms with E-state index in [1.807, 2.05) is 6.92 Å². The van der Waals surface area contributed by atoms with E-state index >= 15 is 0 Å². The minimum absolute atomic E-state index is 0.136. The number of hydrogen-bond acceptors (Lipinski definition) is 6. The van der Waals surface area contributed by atoms with E-state index in [2.05, 4.69) is 28.8 Å². The molecule has 1 atom stereocenters.